The fraction of sp³-hybridized carbons (Fsp3) is 0.0909. The van der Waals surface area contributed by atoms with E-state index in [1.54, 1.807) is 24.5 Å². The highest BCUT2D eigenvalue weighted by atomic mass is 19.1. The van der Waals surface area contributed by atoms with Gasteiger partial charge in [-0.05, 0) is 17.7 Å². The Bertz CT molecular complexity index is 448. The number of aromatic nitrogens is 2. The summed E-state index contributed by atoms with van der Waals surface area (Å²) in [7, 11) is 0. The molecule has 0 amide bonds. The van der Waals surface area contributed by atoms with E-state index in [1.807, 2.05) is 0 Å². The van der Waals surface area contributed by atoms with Crippen LogP contribution in [0.5, 0.6) is 0 Å². The number of rotatable bonds is 2. The van der Waals surface area contributed by atoms with Gasteiger partial charge in [0, 0.05) is 12.4 Å². The van der Waals surface area contributed by atoms with Crippen LogP contribution in [0.15, 0.2) is 43.0 Å². The van der Waals surface area contributed by atoms with E-state index < -0.39 is 0 Å². The number of carbonyl (C=O) groups is 1. The largest absolute Gasteiger partial charge is 0.276 e. The molecule has 2 rings (SSSR count). The second kappa shape index (κ2) is 4.04. The van der Waals surface area contributed by atoms with Crippen LogP contribution in [0.3, 0.4) is 0 Å². The number of carbonyl (C=O) groups excluding carboxylic acids is 1. The molecule has 0 bridgehead atoms. The first-order valence-electron chi connectivity index (χ1n) is 4.51. The minimum absolute atomic E-state index is 0.0842. The summed E-state index contributed by atoms with van der Waals surface area (Å²) in [5, 5.41) is 0. The molecule has 0 spiro atoms. The lowest BCUT2D eigenvalue weighted by Crippen LogP contribution is -2.11. The zero-order valence-electron chi connectivity index (χ0n) is 7.93. The molecule has 0 aliphatic rings. The van der Waals surface area contributed by atoms with Gasteiger partial charge in [0.1, 0.15) is 12.1 Å². The summed E-state index contributed by atoms with van der Waals surface area (Å²) in [5.74, 6) is -0.382. The standard InChI is InChI=1S/C11H9FN2O/c12-10-3-1-9(2-4-10)7-11(15)14-6-5-13-8-14/h1-6,8H,7H2. The third-order valence-corrected chi connectivity index (χ3v) is 2.06. The van der Waals surface area contributed by atoms with Gasteiger partial charge < -0.3 is 0 Å². The Labute approximate surface area is 86.2 Å². The Kier molecular flexibility index (Phi) is 2.58. The van der Waals surface area contributed by atoms with Crippen LogP contribution in [0.2, 0.25) is 0 Å². The predicted octanol–water partition coefficient (Wildman–Crippen LogP) is 1.91. The Morgan fingerprint density at radius 1 is 1.33 bits per heavy atom. The average Bonchev–Trinajstić information content (AvgIpc) is 2.74. The van der Waals surface area contributed by atoms with E-state index in [0.29, 0.717) is 0 Å². The molecule has 1 aromatic carbocycles. The molecule has 3 nitrogen and oxygen atoms in total. The quantitative estimate of drug-likeness (QED) is 0.748. The number of imidazole rings is 1. The fourth-order valence-electron chi connectivity index (χ4n) is 1.27. The van der Waals surface area contributed by atoms with Gasteiger partial charge in [0.2, 0.25) is 5.91 Å². The van der Waals surface area contributed by atoms with Gasteiger partial charge in [-0.2, -0.15) is 0 Å². The van der Waals surface area contributed by atoms with Crippen LogP contribution >= 0.6 is 0 Å². The van der Waals surface area contributed by atoms with Gasteiger partial charge in [-0.25, -0.2) is 9.37 Å². The molecule has 2 aromatic rings. The van der Waals surface area contributed by atoms with Crippen LogP contribution in [0.4, 0.5) is 4.39 Å². The summed E-state index contributed by atoms with van der Waals surface area (Å²) in [6, 6.07) is 5.89. The van der Waals surface area contributed by atoms with E-state index in [-0.39, 0.29) is 18.1 Å². The highest BCUT2D eigenvalue weighted by Crippen LogP contribution is 2.04. The topological polar surface area (TPSA) is 34.9 Å². The molecule has 0 saturated carbocycles. The molecule has 0 aliphatic heterocycles. The zero-order valence-corrected chi connectivity index (χ0v) is 7.93. The molecule has 0 unspecified atom stereocenters. The number of halogens is 1. The summed E-state index contributed by atoms with van der Waals surface area (Å²) >= 11 is 0. The zero-order chi connectivity index (χ0) is 10.7. The van der Waals surface area contributed by atoms with Crippen molar-refractivity contribution in [2.45, 2.75) is 6.42 Å². The molecule has 1 heterocycles. The summed E-state index contributed by atoms with van der Waals surface area (Å²) in [4.78, 5) is 15.4. The van der Waals surface area contributed by atoms with Crippen LogP contribution in [0.1, 0.15) is 10.4 Å². The number of hydrogen-bond donors (Lipinski definition) is 0. The lowest BCUT2D eigenvalue weighted by atomic mass is 10.1. The normalized spacial score (nSPS) is 10.2. The van der Waals surface area contributed by atoms with Gasteiger partial charge >= 0.3 is 0 Å². The highest BCUT2D eigenvalue weighted by Gasteiger charge is 2.05. The maximum absolute atomic E-state index is 12.6. The Balaban J connectivity index is 2.09. The van der Waals surface area contributed by atoms with Crippen molar-refractivity contribution in [2.24, 2.45) is 0 Å². The van der Waals surface area contributed by atoms with Gasteiger partial charge in [0.15, 0.2) is 0 Å². The van der Waals surface area contributed by atoms with E-state index in [1.165, 1.54) is 23.0 Å². The van der Waals surface area contributed by atoms with Crippen LogP contribution < -0.4 is 0 Å². The van der Waals surface area contributed by atoms with E-state index in [4.69, 9.17) is 0 Å². The summed E-state index contributed by atoms with van der Waals surface area (Å²) in [6.07, 6.45) is 4.83. The van der Waals surface area contributed by atoms with E-state index in [9.17, 15) is 9.18 Å². The van der Waals surface area contributed by atoms with Gasteiger partial charge in [0.05, 0.1) is 6.42 Å². The Hall–Kier alpha value is -1.97. The minimum atomic E-state index is -0.297. The van der Waals surface area contributed by atoms with E-state index in [0.717, 1.165) is 5.56 Å². The first-order valence-corrected chi connectivity index (χ1v) is 4.51. The van der Waals surface area contributed by atoms with Crippen molar-refractivity contribution in [3.63, 3.8) is 0 Å². The maximum atomic E-state index is 12.6. The van der Waals surface area contributed by atoms with E-state index in [2.05, 4.69) is 4.98 Å². The fourth-order valence-corrected chi connectivity index (χ4v) is 1.27. The number of nitrogens with zero attached hydrogens (tertiary/aromatic N) is 2. The van der Waals surface area contributed by atoms with Crippen molar-refractivity contribution >= 4 is 5.91 Å². The van der Waals surface area contributed by atoms with Crippen molar-refractivity contribution in [1.82, 2.24) is 9.55 Å². The first-order chi connectivity index (χ1) is 7.25. The lowest BCUT2D eigenvalue weighted by Gasteiger charge is -2.01. The summed E-state index contributed by atoms with van der Waals surface area (Å²) in [5.41, 5.74) is 0.787. The van der Waals surface area contributed by atoms with Gasteiger partial charge in [0.25, 0.3) is 0 Å². The third kappa shape index (κ3) is 2.28. The molecule has 0 fully saturated rings. The highest BCUT2D eigenvalue weighted by molar-refractivity contribution is 5.80. The lowest BCUT2D eigenvalue weighted by molar-refractivity contribution is 0.0914. The summed E-state index contributed by atoms with van der Waals surface area (Å²) in [6.45, 7) is 0. The molecule has 0 saturated heterocycles. The van der Waals surface area contributed by atoms with Crippen LogP contribution in [0.25, 0.3) is 0 Å². The maximum Gasteiger partial charge on any atom is 0.236 e. The van der Waals surface area contributed by atoms with Crippen LogP contribution in [-0.4, -0.2) is 15.5 Å². The SMILES string of the molecule is O=C(Cc1ccc(F)cc1)n1ccnc1. The molecule has 1 aromatic heterocycles. The third-order valence-electron chi connectivity index (χ3n) is 2.06. The molecule has 0 atom stereocenters. The van der Waals surface area contributed by atoms with Crippen molar-refractivity contribution < 1.29 is 9.18 Å². The number of hydrogen-bond acceptors (Lipinski definition) is 2. The molecule has 0 radical (unpaired) electrons. The smallest absolute Gasteiger partial charge is 0.236 e. The second-order valence-electron chi connectivity index (χ2n) is 3.17. The van der Waals surface area contributed by atoms with Crippen molar-refractivity contribution in [1.29, 1.82) is 0 Å². The Morgan fingerprint density at radius 2 is 2.07 bits per heavy atom. The molecule has 76 valence electrons. The Morgan fingerprint density at radius 3 is 2.67 bits per heavy atom. The molecular formula is C11H9FN2O. The van der Waals surface area contributed by atoms with Crippen molar-refractivity contribution in [2.75, 3.05) is 0 Å². The monoisotopic (exact) mass is 204 g/mol. The van der Waals surface area contributed by atoms with Crippen molar-refractivity contribution in [3.8, 4) is 0 Å². The van der Waals surface area contributed by atoms with Crippen LogP contribution in [-0.2, 0) is 6.42 Å². The van der Waals surface area contributed by atoms with Crippen molar-refractivity contribution in [3.05, 3.63) is 54.4 Å². The molecule has 15 heavy (non-hydrogen) atoms. The first kappa shape index (κ1) is 9.58. The number of benzene rings is 1. The predicted molar refractivity (Wildman–Crippen MR) is 53.0 cm³/mol. The van der Waals surface area contributed by atoms with Gasteiger partial charge in [-0.15, -0.1) is 0 Å². The van der Waals surface area contributed by atoms with Gasteiger partial charge in [-0.3, -0.25) is 9.36 Å². The molecule has 0 N–H and O–H groups in total. The molecule has 0 aliphatic carbocycles. The van der Waals surface area contributed by atoms with Gasteiger partial charge in [-0.1, -0.05) is 12.1 Å². The summed E-state index contributed by atoms with van der Waals surface area (Å²) < 4.78 is 14.0. The molecule has 4 heteroatoms. The van der Waals surface area contributed by atoms with E-state index >= 15 is 0 Å². The molecular weight excluding hydrogens is 195 g/mol. The minimum Gasteiger partial charge on any atom is -0.276 e. The van der Waals surface area contributed by atoms with Crippen LogP contribution in [0, 0.1) is 5.82 Å². The average molecular weight is 204 g/mol. The second-order valence-corrected chi connectivity index (χ2v) is 3.17.